The van der Waals surface area contributed by atoms with Crippen molar-refractivity contribution in [2.24, 2.45) is 0 Å². The Bertz CT molecular complexity index is 374. The van der Waals surface area contributed by atoms with Crippen LogP contribution in [0.15, 0.2) is 10.6 Å². The fourth-order valence-electron chi connectivity index (χ4n) is 1.82. The molecule has 1 saturated carbocycles. The molecular formula is C11H17N3O3. The molecule has 2 N–H and O–H groups in total. The number of nitrogens with one attached hydrogen (secondary N) is 2. The lowest BCUT2D eigenvalue weighted by Gasteiger charge is -2.11. The van der Waals surface area contributed by atoms with Crippen LogP contribution in [0.1, 0.15) is 18.6 Å². The highest BCUT2D eigenvalue weighted by Gasteiger charge is 2.47. The highest BCUT2D eigenvalue weighted by Crippen LogP contribution is 2.48. The molecule has 2 rings (SSSR count). The third-order valence-corrected chi connectivity index (χ3v) is 3.04. The molecule has 0 aliphatic heterocycles. The summed E-state index contributed by atoms with van der Waals surface area (Å²) in [6.07, 6.45) is 2.77. The van der Waals surface area contributed by atoms with E-state index in [4.69, 9.17) is 9.26 Å². The van der Waals surface area contributed by atoms with Crippen LogP contribution in [-0.2, 0) is 14.9 Å². The zero-order valence-corrected chi connectivity index (χ0v) is 9.86. The molecule has 0 saturated heterocycles. The normalized spacial score (nSPS) is 16.8. The molecule has 1 fully saturated rings. The van der Waals surface area contributed by atoms with Gasteiger partial charge in [-0.25, -0.2) is 0 Å². The number of rotatable bonds is 8. The number of methoxy groups -OCH3 is 1. The maximum atomic E-state index is 10.3. The lowest BCUT2D eigenvalue weighted by molar-refractivity contribution is -0.105. The van der Waals surface area contributed by atoms with Crippen molar-refractivity contribution in [2.45, 2.75) is 18.3 Å². The summed E-state index contributed by atoms with van der Waals surface area (Å²) in [4.78, 5) is 10.3. The second-order valence-electron chi connectivity index (χ2n) is 4.29. The summed E-state index contributed by atoms with van der Waals surface area (Å²) >= 11 is 0. The maximum absolute atomic E-state index is 10.3. The highest BCUT2D eigenvalue weighted by atomic mass is 16.5. The predicted molar refractivity (Wildman–Crippen MR) is 61.8 cm³/mol. The average molecular weight is 239 g/mol. The van der Waals surface area contributed by atoms with Gasteiger partial charge in [0.05, 0.1) is 6.61 Å². The zero-order valence-electron chi connectivity index (χ0n) is 9.86. The first-order chi connectivity index (χ1) is 8.30. The van der Waals surface area contributed by atoms with Gasteiger partial charge in [0.25, 0.3) is 0 Å². The second-order valence-corrected chi connectivity index (χ2v) is 4.29. The molecule has 0 aromatic carbocycles. The van der Waals surface area contributed by atoms with E-state index >= 15 is 0 Å². The van der Waals surface area contributed by atoms with Crippen molar-refractivity contribution in [1.29, 1.82) is 0 Å². The Morgan fingerprint density at radius 2 is 2.47 bits per heavy atom. The van der Waals surface area contributed by atoms with Crippen molar-refractivity contribution in [1.82, 2.24) is 10.5 Å². The van der Waals surface area contributed by atoms with Crippen LogP contribution in [0.3, 0.4) is 0 Å². The van der Waals surface area contributed by atoms with E-state index in [2.05, 4.69) is 15.8 Å². The Kier molecular flexibility index (Phi) is 3.75. The largest absolute Gasteiger partial charge is 0.383 e. The van der Waals surface area contributed by atoms with E-state index in [1.54, 1.807) is 13.2 Å². The molecule has 0 bridgehead atoms. The number of nitrogens with zero attached hydrogens (tertiary/aromatic N) is 1. The molecule has 0 spiro atoms. The van der Waals surface area contributed by atoms with Gasteiger partial charge in [-0.1, -0.05) is 5.16 Å². The molecule has 94 valence electrons. The van der Waals surface area contributed by atoms with E-state index < -0.39 is 0 Å². The number of carbonyl (C=O) groups excluding carboxylic acids is 1. The van der Waals surface area contributed by atoms with Crippen LogP contribution in [0.4, 0.5) is 5.82 Å². The number of amides is 1. The van der Waals surface area contributed by atoms with Crippen molar-refractivity contribution in [3.63, 3.8) is 0 Å². The Labute approximate surface area is 99.7 Å². The third kappa shape index (κ3) is 2.83. The predicted octanol–water partition coefficient (Wildman–Crippen LogP) is 0.510. The molecule has 1 aliphatic carbocycles. The van der Waals surface area contributed by atoms with Crippen molar-refractivity contribution in [3.05, 3.63) is 11.8 Å². The first-order valence-corrected chi connectivity index (χ1v) is 5.68. The van der Waals surface area contributed by atoms with Gasteiger partial charge in [0.15, 0.2) is 5.82 Å². The fourth-order valence-corrected chi connectivity index (χ4v) is 1.82. The molecule has 1 aromatic rings. The zero-order chi connectivity index (χ0) is 12.1. The first kappa shape index (κ1) is 12.1. The van der Waals surface area contributed by atoms with Crippen molar-refractivity contribution in [3.8, 4) is 0 Å². The Morgan fingerprint density at radius 1 is 1.65 bits per heavy atom. The van der Waals surface area contributed by atoms with Crippen LogP contribution in [0.5, 0.6) is 0 Å². The summed E-state index contributed by atoms with van der Waals surface area (Å²) < 4.78 is 10.2. The number of aromatic nitrogens is 1. The lowest BCUT2D eigenvalue weighted by Crippen LogP contribution is -2.29. The van der Waals surface area contributed by atoms with E-state index in [9.17, 15) is 4.79 Å². The van der Waals surface area contributed by atoms with Crippen LogP contribution in [-0.4, -0.2) is 38.4 Å². The van der Waals surface area contributed by atoms with Gasteiger partial charge < -0.3 is 19.9 Å². The number of ether oxygens (including phenoxy) is 1. The molecule has 0 radical (unpaired) electrons. The van der Waals surface area contributed by atoms with Crippen LogP contribution in [0.25, 0.3) is 0 Å². The summed E-state index contributed by atoms with van der Waals surface area (Å²) in [6, 6.07) is 1.79. The molecule has 17 heavy (non-hydrogen) atoms. The van der Waals surface area contributed by atoms with Gasteiger partial charge in [-0.3, -0.25) is 4.79 Å². The summed E-state index contributed by atoms with van der Waals surface area (Å²) in [7, 11) is 1.68. The minimum absolute atomic E-state index is 0.0591. The van der Waals surface area contributed by atoms with E-state index in [1.165, 1.54) is 0 Å². The van der Waals surface area contributed by atoms with Gasteiger partial charge in [0.2, 0.25) is 6.41 Å². The highest BCUT2D eigenvalue weighted by molar-refractivity contribution is 5.68. The smallest absolute Gasteiger partial charge is 0.212 e. The first-order valence-electron chi connectivity index (χ1n) is 5.68. The van der Waals surface area contributed by atoms with Crippen molar-refractivity contribution < 1.29 is 14.1 Å². The monoisotopic (exact) mass is 239 g/mol. The van der Waals surface area contributed by atoms with Crippen LogP contribution < -0.4 is 10.6 Å². The average Bonchev–Trinajstić information content (AvgIpc) is 2.97. The SMILES string of the molecule is COCCNCC1(c2cc(NC=O)no2)CC1. The topological polar surface area (TPSA) is 76.4 Å². The molecular weight excluding hydrogens is 222 g/mol. The van der Waals surface area contributed by atoms with E-state index in [0.29, 0.717) is 18.8 Å². The third-order valence-electron chi connectivity index (χ3n) is 3.04. The quantitative estimate of drug-likeness (QED) is 0.510. The Balaban J connectivity index is 1.88. The van der Waals surface area contributed by atoms with Gasteiger partial charge >= 0.3 is 0 Å². The van der Waals surface area contributed by atoms with Crippen LogP contribution >= 0.6 is 0 Å². The number of anilines is 1. The molecule has 0 unspecified atom stereocenters. The van der Waals surface area contributed by atoms with Gasteiger partial charge in [0, 0.05) is 31.7 Å². The molecule has 1 aliphatic rings. The minimum Gasteiger partial charge on any atom is -0.383 e. The molecule has 1 heterocycles. The van der Waals surface area contributed by atoms with E-state index in [1.807, 2.05) is 0 Å². The number of hydrogen-bond donors (Lipinski definition) is 2. The summed E-state index contributed by atoms with van der Waals surface area (Å²) in [5.41, 5.74) is 0.0591. The fraction of sp³-hybridized carbons (Fsp3) is 0.636. The summed E-state index contributed by atoms with van der Waals surface area (Å²) in [6.45, 7) is 2.38. The van der Waals surface area contributed by atoms with Gasteiger partial charge in [0.1, 0.15) is 5.76 Å². The van der Waals surface area contributed by atoms with Crippen LogP contribution in [0, 0.1) is 0 Å². The summed E-state index contributed by atoms with van der Waals surface area (Å²) in [5.74, 6) is 1.31. The van der Waals surface area contributed by atoms with Crippen molar-refractivity contribution in [2.75, 3.05) is 32.1 Å². The summed E-state index contributed by atoms with van der Waals surface area (Å²) in [5, 5.41) is 9.59. The van der Waals surface area contributed by atoms with Gasteiger partial charge in [-0.2, -0.15) is 0 Å². The van der Waals surface area contributed by atoms with Crippen molar-refractivity contribution >= 4 is 12.2 Å². The standard InChI is InChI=1S/C11H17N3O3/c1-16-5-4-12-7-11(2-3-11)9-6-10(13-8-15)14-17-9/h6,8,12H,2-5,7H2,1H3,(H,13,14,15). The molecule has 1 amide bonds. The lowest BCUT2D eigenvalue weighted by atomic mass is 10.0. The molecule has 1 aromatic heterocycles. The Hall–Kier alpha value is -1.40. The minimum atomic E-state index is 0.0591. The van der Waals surface area contributed by atoms with E-state index in [-0.39, 0.29) is 5.41 Å². The maximum Gasteiger partial charge on any atom is 0.212 e. The van der Waals surface area contributed by atoms with Gasteiger partial charge in [-0.05, 0) is 12.8 Å². The molecule has 6 heteroatoms. The number of hydrogen-bond acceptors (Lipinski definition) is 5. The molecule has 0 atom stereocenters. The Morgan fingerprint density at radius 3 is 3.12 bits per heavy atom. The van der Waals surface area contributed by atoms with E-state index in [0.717, 1.165) is 31.7 Å². The van der Waals surface area contributed by atoms with Crippen LogP contribution in [0.2, 0.25) is 0 Å². The van der Waals surface area contributed by atoms with Gasteiger partial charge in [-0.15, -0.1) is 0 Å². The molecule has 6 nitrogen and oxygen atoms in total. The number of carbonyl (C=O) groups is 1. The second kappa shape index (κ2) is 5.29.